The van der Waals surface area contributed by atoms with Crippen LogP contribution in [0.15, 0.2) is 41.3 Å². The Kier molecular flexibility index (Phi) is 5.03. The first kappa shape index (κ1) is 17.7. The first-order valence-corrected chi connectivity index (χ1v) is 7.99. The summed E-state index contributed by atoms with van der Waals surface area (Å²) in [5, 5.41) is 2.42. The van der Waals surface area contributed by atoms with E-state index in [1.54, 1.807) is 0 Å². The lowest BCUT2D eigenvalue weighted by molar-refractivity contribution is -0.114. The molecule has 0 saturated heterocycles. The highest BCUT2D eigenvalue weighted by molar-refractivity contribution is 7.87. The topological polar surface area (TPSA) is 81.7 Å². The minimum atomic E-state index is -4.32. The number of halogens is 2. The lowest BCUT2D eigenvalue weighted by Gasteiger charge is -2.12. The lowest BCUT2D eigenvalue weighted by Crippen LogP contribution is -2.12. The molecule has 0 spiro atoms. The summed E-state index contributed by atoms with van der Waals surface area (Å²) < 4.78 is 60.3. The predicted octanol–water partition coefficient (Wildman–Crippen LogP) is 2.70. The van der Waals surface area contributed by atoms with Gasteiger partial charge in [0.05, 0.1) is 12.8 Å². The average Bonchev–Trinajstić information content (AvgIpc) is 2.50. The van der Waals surface area contributed by atoms with Gasteiger partial charge in [0.1, 0.15) is 16.4 Å². The van der Waals surface area contributed by atoms with E-state index < -0.39 is 27.7 Å². The van der Waals surface area contributed by atoms with E-state index in [2.05, 4.69) is 5.32 Å². The Hall–Kier alpha value is -2.68. The van der Waals surface area contributed by atoms with Gasteiger partial charge >= 0.3 is 10.1 Å². The maximum Gasteiger partial charge on any atom is 0.339 e. The Morgan fingerprint density at radius 3 is 2.38 bits per heavy atom. The first-order valence-electron chi connectivity index (χ1n) is 6.58. The molecule has 0 unspecified atom stereocenters. The Bertz CT molecular complexity index is 883. The number of amides is 1. The Morgan fingerprint density at radius 1 is 1.08 bits per heavy atom. The van der Waals surface area contributed by atoms with E-state index in [0.717, 1.165) is 18.2 Å². The van der Waals surface area contributed by atoms with Gasteiger partial charge in [-0.05, 0) is 30.3 Å². The van der Waals surface area contributed by atoms with Gasteiger partial charge in [-0.15, -0.1) is 0 Å². The molecule has 0 fully saturated rings. The summed E-state index contributed by atoms with van der Waals surface area (Å²) in [5.74, 6) is -2.93. The molecule has 0 bridgehead atoms. The fourth-order valence-corrected chi connectivity index (χ4v) is 2.78. The molecule has 0 aliphatic rings. The van der Waals surface area contributed by atoms with E-state index in [4.69, 9.17) is 8.92 Å². The number of carbonyl (C=O) groups excluding carboxylic acids is 1. The monoisotopic (exact) mass is 357 g/mol. The van der Waals surface area contributed by atoms with E-state index in [1.165, 1.54) is 26.2 Å². The molecule has 0 aromatic heterocycles. The predicted molar refractivity (Wildman–Crippen MR) is 81.5 cm³/mol. The normalized spacial score (nSPS) is 11.0. The average molecular weight is 357 g/mol. The minimum absolute atomic E-state index is 0.125. The summed E-state index contributed by atoms with van der Waals surface area (Å²) in [6, 6.07) is 6.00. The molecule has 2 aromatic carbocycles. The molecule has 0 aliphatic heterocycles. The number of methoxy groups -OCH3 is 1. The number of rotatable bonds is 5. The number of carbonyl (C=O) groups is 1. The van der Waals surface area contributed by atoms with Gasteiger partial charge in [-0.3, -0.25) is 4.79 Å². The number of anilines is 1. The molecule has 128 valence electrons. The van der Waals surface area contributed by atoms with Crippen molar-refractivity contribution in [2.75, 3.05) is 12.4 Å². The van der Waals surface area contributed by atoms with Gasteiger partial charge in [-0.2, -0.15) is 8.42 Å². The fourth-order valence-electron chi connectivity index (χ4n) is 1.83. The zero-order valence-electron chi connectivity index (χ0n) is 12.7. The molecular weight excluding hydrogens is 344 g/mol. The summed E-state index contributed by atoms with van der Waals surface area (Å²) in [7, 11) is -2.97. The SMILES string of the molecule is COc1ccc(S(=O)(=O)Oc2ccc(F)c(F)c2)cc1NC(C)=O. The van der Waals surface area contributed by atoms with Crippen LogP contribution in [0.1, 0.15) is 6.92 Å². The Morgan fingerprint density at radius 2 is 1.79 bits per heavy atom. The molecule has 2 rings (SSSR count). The van der Waals surface area contributed by atoms with Crippen LogP contribution in [0.5, 0.6) is 11.5 Å². The van der Waals surface area contributed by atoms with Crippen molar-refractivity contribution in [3.63, 3.8) is 0 Å². The van der Waals surface area contributed by atoms with Gasteiger partial charge < -0.3 is 14.2 Å². The van der Waals surface area contributed by atoms with Gasteiger partial charge in [0.15, 0.2) is 11.6 Å². The first-order chi connectivity index (χ1) is 11.2. The van der Waals surface area contributed by atoms with Crippen molar-refractivity contribution in [1.29, 1.82) is 0 Å². The Balaban J connectivity index is 2.37. The van der Waals surface area contributed by atoms with Crippen LogP contribution in [-0.2, 0) is 14.9 Å². The van der Waals surface area contributed by atoms with Crippen LogP contribution < -0.4 is 14.2 Å². The van der Waals surface area contributed by atoms with Crippen molar-refractivity contribution in [1.82, 2.24) is 0 Å². The van der Waals surface area contributed by atoms with Gasteiger partial charge in [-0.25, -0.2) is 8.78 Å². The molecule has 0 aliphatic carbocycles. The molecule has 0 saturated carbocycles. The minimum Gasteiger partial charge on any atom is -0.495 e. The zero-order chi connectivity index (χ0) is 17.9. The third-order valence-electron chi connectivity index (χ3n) is 2.87. The van der Waals surface area contributed by atoms with Gasteiger partial charge in [0.2, 0.25) is 5.91 Å². The van der Waals surface area contributed by atoms with Crippen molar-refractivity contribution in [3.05, 3.63) is 48.0 Å². The maximum absolute atomic E-state index is 13.1. The molecule has 6 nitrogen and oxygen atoms in total. The molecule has 2 aromatic rings. The summed E-state index contributed by atoms with van der Waals surface area (Å²) in [6.45, 7) is 1.25. The summed E-state index contributed by atoms with van der Waals surface area (Å²) in [6.07, 6.45) is 0. The second-order valence-electron chi connectivity index (χ2n) is 4.66. The standard InChI is InChI=1S/C15H13F2NO5S/c1-9(19)18-14-8-11(4-6-15(14)22-2)24(20,21)23-10-3-5-12(16)13(17)7-10/h3-8H,1-2H3,(H,18,19). The smallest absolute Gasteiger partial charge is 0.339 e. The number of hydrogen-bond donors (Lipinski definition) is 1. The van der Waals surface area contributed by atoms with E-state index in [1.807, 2.05) is 0 Å². The van der Waals surface area contributed by atoms with Crippen LogP contribution in [0.3, 0.4) is 0 Å². The van der Waals surface area contributed by atoms with Crippen LogP contribution >= 0.6 is 0 Å². The zero-order valence-corrected chi connectivity index (χ0v) is 13.5. The highest BCUT2D eigenvalue weighted by Crippen LogP contribution is 2.29. The summed E-state index contributed by atoms with van der Waals surface area (Å²) in [4.78, 5) is 10.9. The molecule has 1 amide bonds. The number of ether oxygens (including phenoxy) is 1. The molecule has 0 heterocycles. The maximum atomic E-state index is 13.1. The van der Waals surface area contributed by atoms with Gasteiger partial charge in [0.25, 0.3) is 0 Å². The van der Waals surface area contributed by atoms with Crippen molar-refractivity contribution in [2.45, 2.75) is 11.8 Å². The van der Waals surface area contributed by atoms with Crippen LogP contribution in [0.4, 0.5) is 14.5 Å². The molecule has 1 N–H and O–H groups in total. The highest BCUT2D eigenvalue weighted by atomic mass is 32.2. The van der Waals surface area contributed by atoms with E-state index >= 15 is 0 Å². The number of nitrogens with one attached hydrogen (secondary N) is 1. The second-order valence-corrected chi connectivity index (χ2v) is 6.20. The largest absolute Gasteiger partial charge is 0.495 e. The highest BCUT2D eigenvalue weighted by Gasteiger charge is 2.20. The van der Waals surface area contributed by atoms with Gasteiger partial charge in [-0.1, -0.05) is 0 Å². The second kappa shape index (κ2) is 6.83. The van der Waals surface area contributed by atoms with E-state index in [0.29, 0.717) is 6.07 Å². The van der Waals surface area contributed by atoms with E-state index in [9.17, 15) is 22.0 Å². The van der Waals surface area contributed by atoms with Crippen LogP contribution in [0.25, 0.3) is 0 Å². The molecule has 0 atom stereocenters. The number of benzene rings is 2. The van der Waals surface area contributed by atoms with Crippen LogP contribution in [0, 0.1) is 11.6 Å². The molecule has 0 radical (unpaired) electrons. The quantitative estimate of drug-likeness (QED) is 0.832. The number of hydrogen-bond acceptors (Lipinski definition) is 5. The fraction of sp³-hybridized carbons (Fsp3) is 0.133. The molecular formula is C15H13F2NO5S. The Labute approximate surface area is 137 Å². The molecule has 9 heteroatoms. The van der Waals surface area contributed by atoms with E-state index in [-0.39, 0.29) is 22.1 Å². The molecule has 24 heavy (non-hydrogen) atoms. The lowest BCUT2D eigenvalue weighted by atomic mass is 10.3. The van der Waals surface area contributed by atoms with Crippen molar-refractivity contribution >= 4 is 21.7 Å². The summed E-state index contributed by atoms with van der Waals surface area (Å²) >= 11 is 0. The third-order valence-corrected chi connectivity index (χ3v) is 4.11. The van der Waals surface area contributed by atoms with Crippen molar-refractivity contribution in [2.24, 2.45) is 0 Å². The third kappa shape index (κ3) is 3.99. The van der Waals surface area contributed by atoms with Crippen molar-refractivity contribution < 1.29 is 30.9 Å². The van der Waals surface area contributed by atoms with Crippen LogP contribution in [-0.4, -0.2) is 21.4 Å². The van der Waals surface area contributed by atoms with Crippen molar-refractivity contribution in [3.8, 4) is 11.5 Å². The van der Waals surface area contributed by atoms with Gasteiger partial charge in [0, 0.05) is 13.0 Å². The van der Waals surface area contributed by atoms with Crippen LogP contribution in [0.2, 0.25) is 0 Å². The summed E-state index contributed by atoms with van der Waals surface area (Å²) in [5.41, 5.74) is 0.125.